The van der Waals surface area contributed by atoms with Gasteiger partial charge in [0.25, 0.3) is 0 Å². The Balaban J connectivity index is 2.39. The second kappa shape index (κ2) is 4.83. The van der Waals surface area contributed by atoms with Crippen LogP contribution in [0.5, 0.6) is 0 Å². The van der Waals surface area contributed by atoms with Gasteiger partial charge in [-0.3, -0.25) is 0 Å². The van der Waals surface area contributed by atoms with Crippen LogP contribution in [0.1, 0.15) is 11.3 Å². The highest BCUT2D eigenvalue weighted by molar-refractivity contribution is 9.10. The van der Waals surface area contributed by atoms with Crippen molar-refractivity contribution in [1.82, 2.24) is 0 Å². The van der Waals surface area contributed by atoms with Crippen LogP contribution in [-0.4, -0.2) is 0 Å². The van der Waals surface area contributed by atoms with Crippen LogP contribution in [0.2, 0.25) is 0 Å². The molecular formula is C16H14BrNO. The highest BCUT2D eigenvalue weighted by atomic mass is 79.9. The fourth-order valence-electron chi connectivity index (χ4n) is 2.41. The predicted octanol–water partition coefficient (Wildman–Crippen LogP) is 4.63. The molecule has 0 bridgehead atoms. The van der Waals surface area contributed by atoms with E-state index in [2.05, 4.69) is 47.1 Å². The number of benzene rings is 2. The number of fused-ring (bicyclic) bond motifs is 1. The predicted molar refractivity (Wildman–Crippen MR) is 82.0 cm³/mol. The molecule has 19 heavy (non-hydrogen) atoms. The molecule has 0 amide bonds. The smallest absolute Gasteiger partial charge is 0.149 e. The van der Waals surface area contributed by atoms with E-state index in [1.54, 1.807) is 0 Å². The number of nitrogens with two attached hydrogens (primary N) is 1. The van der Waals surface area contributed by atoms with Crippen LogP contribution in [0.4, 0.5) is 0 Å². The molecular weight excluding hydrogens is 302 g/mol. The van der Waals surface area contributed by atoms with E-state index in [1.807, 2.05) is 18.2 Å². The molecule has 3 heteroatoms. The van der Waals surface area contributed by atoms with Crippen molar-refractivity contribution in [1.29, 1.82) is 0 Å². The van der Waals surface area contributed by atoms with Crippen molar-refractivity contribution >= 4 is 26.9 Å². The number of rotatable bonds is 2. The third-order valence-electron chi connectivity index (χ3n) is 3.21. The summed E-state index contributed by atoms with van der Waals surface area (Å²) in [6, 6.07) is 14.4. The van der Waals surface area contributed by atoms with Crippen LogP contribution >= 0.6 is 15.9 Å². The molecule has 0 saturated carbocycles. The van der Waals surface area contributed by atoms with Crippen LogP contribution < -0.4 is 5.73 Å². The number of aryl methyl sites for hydroxylation is 1. The summed E-state index contributed by atoms with van der Waals surface area (Å²) in [4.78, 5) is 0. The average molecular weight is 316 g/mol. The van der Waals surface area contributed by atoms with Crippen molar-refractivity contribution in [2.45, 2.75) is 13.5 Å². The topological polar surface area (TPSA) is 39.2 Å². The molecule has 0 radical (unpaired) electrons. The molecule has 2 nitrogen and oxygen atoms in total. The van der Waals surface area contributed by atoms with E-state index in [1.165, 1.54) is 5.56 Å². The molecule has 96 valence electrons. The Morgan fingerprint density at radius 1 is 1.16 bits per heavy atom. The first-order valence-electron chi connectivity index (χ1n) is 6.17. The molecule has 0 unspecified atom stereocenters. The molecule has 1 heterocycles. The van der Waals surface area contributed by atoms with Gasteiger partial charge < -0.3 is 10.2 Å². The van der Waals surface area contributed by atoms with Gasteiger partial charge in [-0.25, -0.2) is 0 Å². The van der Waals surface area contributed by atoms with Crippen molar-refractivity contribution in [2.75, 3.05) is 0 Å². The molecule has 2 N–H and O–H groups in total. The number of hydrogen-bond donors (Lipinski definition) is 1. The van der Waals surface area contributed by atoms with Gasteiger partial charge in [0.2, 0.25) is 0 Å². The Morgan fingerprint density at radius 3 is 2.58 bits per heavy atom. The second-order valence-corrected chi connectivity index (χ2v) is 5.45. The number of furan rings is 1. The highest BCUT2D eigenvalue weighted by Crippen LogP contribution is 2.38. The van der Waals surface area contributed by atoms with E-state index in [-0.39, 0.29) is 0 Å². The summed E-state index contributed by atoms with van der Waals surface area (Å²) < 4.78 is 6.89. The van der Waals surface area contributed by atoms with Crippen molar-refractivity contribution < 1.29 is 4.42 Å². The van der Waals surface area contributed by atoms with Gasteiger partial charge >= 0.3 is 0 Å². The van der Waals surface area contributed by atoms with Gasteiger partial charge in [-0.2, -0.15) is 0 Å². The average Bonchev–Trinajstić information content (AvgIpc) is 2.78. The largest absolute Gasteiger partial charge is 0.458 e. The summed E-state index contributed by atoms with van der Waals surface area (Å²) in [5.41, 5.74) is 10.1. The molecule has 0 saturated heterocycles. The second-order valence-electron chi connectivity index (χ2n) is 4.59. The third-order valence-corrected chi connectivity index (χ3v) is 3.80. The van der Waals surface area contributed by atoms with E-state index < -0.39 is 0 Å². The molecule has 0 aliphatic carbocycles. The molecule has 0 fully saturated rings. The first-order chi connectivity index (χ1) is 9.20. The van der Waals surface area contributed by atoms with Crippen LogP contribution in [0, 0.1) is 6.92 Å². The quantitative estimate of drug-likeness (QED) is 0.748. The van der Waals surface area contributed by atoms with Crippen LogP contribution in [0.3, 0.4) is 0 Å². The van der Waals surface area contributed by atoms with Gasteiger partial charge in [-0.05, 0) is 46.1 Å². The maximum Gasteiger partial charge on any atom is 0.149 e. The summed E-state index contributed by atoms with van der Waals surface area (Å²) >= 11 is 3.56. The van der Waals surface area contributed by atoms with Crippen molar-refractivity contribution in [3.63, 3.8) is 0 Å². The maximum absolute atomic E-state index is 5.92. The van der Waals surface area contributed by atoms with Gasteiger partial charge in [-0.15, -0.1) is 0 Å². The number of hydrogen-bond acceptors (Lipinski definition) is 2. The third kappa shape index (κ3) is 2.09. The normalized spacial score (nSPS) is 11.1. The highest BCUT2D eigenvalue weighted by Gasteiger charge is 2.16. The molecule has 0 aliphatic rings. The SMILES string of the molecule is Cc1cc(Br)c2oc(CN)c(-c3ccccc3)c2c1. The van der Waals surface area contributed by atoms with Crippen molar-refractivity contribution in [2.24, 2.45) is 5.73 Å². The molecule has 0 aliphatic heterocycles. The molecule has 1 aromatic heterocycles. The molecule has 0 spiro atoms. The minimum Gasteiger partial charge on any atom is -0.458 e. The van der Waals surface area contributed by atoms with Gasteiger partial charge in [0.15, 0.2) is 0 Å². The zero-order chi connectivity index (χ0) is 13.4. The fourth-order valence-corrected chi connectivity index (χ4v) is 3.06. The Hall–Kier alpha value is -1.58. The molecule has 0 atom stereocenters. The number of halogens is 1. The van der Waals surface area contributed by atoms with E-state index in [4.69, 9.17) is 10.2 Å². The Labute approximate surface area is 120 Å². The Morgan fingerprint density at radius 2 is 1.89 bits per heavy atom. The molecule has 3 aromatic rings. The van der Waals surface area contributed by atoms with E-state index in [0.717, 1.165) is 32.3 Å². The fraction of sp³-hybridized carbons (Fsp3) is 0.125. The zero-order valence-corrected chi connectivity index (χ0v) is 12.2. The lowest BCUT2D eigenvalue weighted by molar-refractivity contribution is 0.552. The van der Waals surface area contributed by atoms with Gasteiger partial charge in [0, 0.05) is 10.9 Å². The first kappa shape index (κ1) is 12.5. The first-order valence-corrected chi connectivity index (χ1v) is 6.97. The van der Waals surface area contributed by atoms with Crippen molar-refractivity contribution in [3.05, 3.63) is 58.3 Å². The lowest BCUT2D eigenvalue weighted by atomic mass is 10.0. The van der Waals surface area contributed by atoms with Crippen LogP contribution in [0.15, 0.2) is 51.4 Å². The lowest BCUT2D eigenvalue weighted by Crippen LogP contribution is -1.95. The van der Waals surface area contributed by atoms with Crippen molar-refractivity contribution in [3.8, 4) is 11.1 Å². The minimum atomic E-state index is 0.393. The Kier molecular flexibility index (Phi) is 3.17. The van der Waals surface area contributed by atoms with Crippen LogP contribution in [0.25, 0.3) is 22.1 Å². The summed E-state index contributed by atoms with van der Waals surface area (Å²) in [6.45, 7) is 2.47. The lowest BCUT2D eigenvalue weighted by Gasteiger charge is -2.02. The van der Waals surface area contributed by atoms with Gasteiger partial charge in [0.05, 0.1) is 11.0 Å². The summed E-state index contributed by atoms with van der Waals surface area (Å²) in [6.07, 6.45) is 0. The van der Waals surface area contributed by atoms with E-state index in [0.29, 0.717) is 6.54 Å². The zero-order valence-electron chi connectivity index (χ0n) is 10.6. The summed E-state index contributed by atoms with van der Waals surface area (Å²) in [7, 11) is 0. The monoisotopic (exact) mass is 315 g/mol. The van der Waals surface area contributed by atoms with E-state index >= 15 is 0 Å². The molecule has 3 rings (SSSR count). The van der Waals surface area contributed by atoms with Gasteiger partial charge in [0.1, 0.15) is 11.3 Å². The summed E-state index contributed by atoms with van der Waals surface area (Å²) in [5.74, 6) is 0.826. The maximum atomic E-state index is 5.92. The minimum absolute atomic E-state index is 0.393. The standard InChI is InChI=1S/C16H14BrNO/c1-10-7-12-15(11-5-3-2-4-6-11)14(9-18)19-16(12)13(17)8-10/h2-8H,9,18H2,1H3. The Bertz CT molecular complexity index is 731. The molecule has 2 aromatic carbocycles. The summed E-state index contributed by atoms with van der Waals surface area (Å²) in [5, 5.41) is 1.11. The van der Waals surface area contributed by atoms with E-state index in [9.17, 15) is 0 Å². The van der Waals surface area contributed by atoms with Crippen LogP contribution in [-0.2, 0) is 6.54 Å². The van der Waals surface area contributed by atoms with Gasteiger partial charge in [-0.1, -0.05) is 30.3 Å².